The maximum atomic E-state index is 12.2. The van der Waals surface area contributed by atoms with Gasteiger partial charge < -0.3 is 5.32 Å². The van der Waals surface area contributed by atoms with Gasteiger partial charge in [0.25, 0.3) is 0 Å². The van der Waals surface area contributed by atoms with Crippen LogP contribution in [0.25, 0.3) is 0 Å². The van der Waals surface area contributed by atoms with Crippen molar-refractivity contribution in [1.29, 1.82) is 0 Å². The number of rotatable bonds is 7. The van der Waals surface area contributed by atoms with Crippen LogP contribution in [0.3, 0.4) is 0 Å². The molecule has 4 nitrogen and oxygen atoms in total. The van der Waals surface area contributed by atoms with E-state index in [2.05, 4.69) is 17.0 Å². The van der Waals surface area contributed by atoms with E-state index in [-0.39, 0.29) is 5.41 Å². The average molecular weight is 296 g/mol. The van der Waals surface area contributed by atoms with Gasteiger partial charge in [-0.15, -0.1) is 0 Å². The van der Waals surface area contributed by atoms with Crippen molar-refractivity contribution in [2.24, 2.45) is 5.41 Å². The number of hydrogen-bond acceptors (Lipinski definition) is 3. The van der Waals surface area contributed by atoms with Gasteiger partial charge in [-0.1, -0.05) is 25.5 Å². The van der Waals surface area contributed by atoms with E-state index >= 15 is 0 Å². The van der Waals surface area contributed by atoms with E-state index in [9.17, 15) is 8.42 Å². The summed E-state index contributed by atoms with van der Waals surface area (Å²) in [4.78, 5) is 0.355. The fourth-order valence-electron chi connectivity index (χ4n) is 2.41. The molecule has 0 saturated heterocycles. The van der Waals surface area contributed by atoms with Gasteiger partial charge in [-0.2, -0.15) is 0 Å². The van der Waals surface area contributed by atoms with Crippen LogP contribution in [0, 0.1) is 5.41 Å². The number of likely N-dealkylation sites (N-methyl/N-ethyl adjacent to an activating group) is 1. The molecule has 2 N–H and O–H groups in total. The van der Waals surface area contributed by atoms with Crippen LogP contribution >= 0.6 is 0 Å². The second-order valence-electron chi connectivity index (χ2n) is 5.99. The Kier molecular flexibility index (Phi) is 4.83. The van der Waals surface area contributed by atoms with Crippen LogP contribution in [0.2, 0.25) is 0 Å². The first-order valence-corrected chi connectivity index (χ1v) is 8.67. The van der Waals surface area contributed by atoms with Gasteiger partial charge in [-0.25, -0.2) is 13.1 Å². The van der Waals surface area contributed by atoms with Gasteiger partial charge >= 0.3 is 0 Å². The molecule has 112 valence electrons. The lowest BCUT2D eigenvalue weighted by atomic mass is 9.71. The molecule has 1 aromatic carbocycles. The molecular formula is C15H24N2O2S. The normalized spacial score (nSPS) is 17.7. The number of nitrogens with one attached hydrogen (secondary N) is 2. The summed E-state index contributed by atoms with van der Waals surface area (Å²) in [5.74, 6) is 0. The van der Waals surface area contributed by atoms with E-state index in [1.165, 1.54) is 6.42 Å². The average Bonchev–Trinajstić information content (AvgIpc) is 2.41. The summed E-state index contributed by atoms with van der Waals surface area (Å²) in [6, 6.07) is 7.15. The Balaban J connectivity index is 1.98. The summed E-state index contributed by atoms with van der Waals surface area (Å²) in [7, 11) is -1.47. The Morgan fingerprint density at radius 1 is 1.20 bits per heavy atom. The van der Waals surface area contributed by atoms with Gasteiger partial charge in [0.2, 0.25) is 10.0 Å². The molecule has 0 amide bonds. The van der Waals surface area contributed by atoms with Crippen molar-refractivity contribution < 1.29 is 8.42 Å². The van der Waals surface area contributed by atoms with E-state index in [1.54, 1.807) is 12.1 Å². The summed E-state index contributed by atoms with van der Waals surface area (Å²) in [5.41, 5.74) is 1.30. The van der Waals surface area contributed by atoms with Crippen LogP contribution in [-0.4, -0.2) is 28.6 Å². The summed E-state index contributed by atoms with van der Waals surface area (Å²) in [6.45, 7) is 3.57. The molecule has 0 radical (unpaired) electrons. The monoisotopic (exact) mass is 296 g/mol. The maximum absolute atomic E-state index is 12.2. The van der Waals surface area contributed by atoms with E-state index < -0.39 is 10.0 Å². The van der Waals surface area contributed by atoms with Crippen molar-refractivity contribution in [2.75, 3.05) is 20.1 Å². The molecule has 1 saturated carbocycles. The summed E-state index contributed by atoms with van der Waals surface area (Å²) < 4.78 is 27.2. The van der Waals surface area contributed by atoms with Crippen LogP contribution in [0.1, 0.15) is 31.7 Å². The van der Waals surface area contributed by atoms with Crippen molar-refractivity contribution in [2.45, 2.75) is 37.5 Å². The van der Waals surface area contributed by atoms with Crippen molar-refractivity contribution in [3.8, 4) is 0 Å². The van der Waals surface area contributed by atoms with Crippen LogP contribution in [-0.2, 0) is 16.4 Å². The third kappa shape index (κ3) is 3.81. The van der Waals surface area contributed by atoms with Gasteiger partial charge in [0.15, 0.2) is 0 Å². The summed E-state index contributed by atoms with van der Waals surface area (Å²) in [6.07, 6.45) is 4.33. The second-order valence-corrected chi connectivity index (χ2v) is 7.75. The zero-order valence-electron chi connectivity index (χ0n) is 12.3. The maximum Gasteiger partial charge on any atom is 0.240 e. The molecule has 0 aromatic heterocycles. The number of hydrogen-bond donors (Lipinski definition) is 2. The first-order valence-electron chi connectivity index (χ1n) is 7.18. The van der Waals surface area contributed by atoms with Crippen LogP contribution < -0.4 is 10.0 Å². The van der Waals surface area contributed by atoms with E-state index in [1.807, 2.05) is 19.2 Å². The molecule has 0 atom stereocenters. The Morgan fingerprint density at radius 2 is 1.85 bits per heavy atom. The first kappa shape index (κ1) is 15.5. The largest absolute Gasteiger partial charge is 0.319 e. The molecular weight excluding hydrogens is 272 g/mol. The predicted octanol–water partition coefficient (Wildman–Crippen LogP) is 1.92. The van der Waals surface area contributed by atoms with E-state index in [0.29, 0.717) is 11.4 Å². The highest BCUT2D eigenvalue weighted by Crippen LogP contribution is 2.39. The van der Waals surface area contributed by atoms with Gasteiger partial charge in [-0.3, -0.25) is 0 Å². The highest BCUT2D eigenvalue weighted by atomic mass is 32.2. The number of sulfonamides is 1. The van der Waals surface area contributed by atoms with Crippen molar-refractivity contribution in [3.63, 3.8) is 0 Å². The molecule has 1 aromatic rings. The second kappa shape index (κ2) is 6.24. The minimum atomic E-state index is -3.37. The van der Waals surface area contributed by atoms with Gasteiger partial charge in [0.05, 0.1) is 4.90 Å². The van der Waals surface area contributed by atoms with Crippen LogP contribution in [0.15, 0.2) is 29.2 Å². The van der Waals surface area contributed by atoms with E-state index in [0.717, 1.165) is 31.4 Å². The minimum Gasteiger partial charge on any atom is -0.319 e. The van der Waals surface area contributed by atoms with Crippen molar-refractivity contribution >= 4 is 10.0 Å². The zero-order valence-corrected chi connectivity index (χ0v) is 13.1. The molecule has 0 unspecified atom stereocenters. The topological polar surface area (TPSA) is 58.2 Å². The molecule has 1 aliphatic carbocycles. The minimum absolute atomic E-state index is 0.153. The zero-order chi connectivity index (χ0) is 14.6. The Labute approximate surface area is 122 Å². The first-order chi connectivity index (χ1) is 9.45. The fraction of sp³-hybridized carbons (Fsp3) is 0.600. The Morgan fingerprint density at radius 3 is 2.35 bits per heavy atom. The predicted molar refractivity (Wildman–Crippen MR) is 81.2 cm³/mol. The molecule has 0 heterocycles. The SMILES string of the molecule is CNCCc1ccc(S(=O)(=O)NCC2(C)CCC2)cc1. The highest BCUT2D eigenvalue weighted by molar-refractivity contribution is 7.89. The lowest BCUT2D eigenvalue weighted by molar-refractivity contribution is 0.166. The van der Waals surface area contributed by atoms with Crippen LogP contribution in [0.4, 0.5) is 0 Å². The lowest BCUT2D eigenvalue weighted by Gasteiger charge is -2.38. The molecule has 1 fully saturated rings. The van der Waals surface area contributed by atoms with Crippen molar-refractivity contribution in [3.05, 3.63) is 29.8 Å². The molecule has 0 spiro atoms. The quantitative estimate of drug-likeness (QED) is 0.808. The molecule has 5 heteroatoms. The van der Waals surface area contributed by atoms with Crippen LogP contribution in [0.5, 0.6) is 0 Å². The van der Waals surface area contributed by atoms with Crippen molar-refractivity contribution in [1.82, 2.24) is 10.0 Å². The van der Waals surface area contributed by atoms with Gasteiger partial charge in [0.1, 0.15) is 0 Å². The van der Waals surface area contributed by atoms with Gasteiger partial charge in [0, 0.05) is 6.54 Å². The Hall–Kier alpha value is -0.910. The molecule has 20 heavy (non-hydrogen) atoms. The third-order valence-electron chi connectivity index (χ3n) is 4.15. The summed E-state index contributed by atoms with van der Waals surface area (Å²) >= 11 is 0. The smallest absolute Gasteiger partial charge is 0.240 e. The van der Waals surface area contributed by atoms with Gasteiger partial charge in [-0.05, 0) is 56.0 Å². The molecule has 0 aliphatic heterocycles. The standard InChI is InChI=1S/C15H24N2O2S/c1-15(9-3-10-15)12-17-20(18,19)14-6-4-13(5-7-14)8-11-16-2/h4-7,16-17H,3,8-12H2,1-2H3. The highest BCUT2D eigenvalue weighted by Gasteiger charge is 2.32. The van der Waals surface area contributed by atoms with E-state index in [4.69, 9.17) is 0 Å². The lowest BCUT2D eigenvalue weighted by Crippen LogP contribution is -2.39. The fourth-order valence-corrected chi connectivity index (χ4v) is 3.61. The third-order valence-corrected chi connectivity index (χ3v) is 5.56. The molecule has 1 aliphatic rings. The number of benzene rings is 1. The summed E-state index contributed by atoms with van der Waals surface area (Å²) in [5, 5.41) is 3.08. The Bertz CT molecular complexity index is 533. The molecule has 0 bridgehead atoms. The molecule has 2 rings (SSSR count).